The van der Waals surface area contributed by atoms with E-state index in [-0.39, 0.29) is 0 Å². The lowest BCUT2D eigenvalue weighted by atomic mass is 10.1. The lowest BCUT2D eigenvalue weighted by molar-refractivity contribution is -0.870. The van der Waals surface area contributed by atoms with E-state index < -0.39 is 10.0 Å². The molecule has 0 saturated carbocycles. The van der Waals surface area contributed by atoms with Crippen molar-refractivity contribution < 1.29 is 12.9 Å². The Kier molecular flexibility index (Phi) is 7.25. The Morgan fingerprint density at radius 3 is 2.19 bits per heavy atom. The third kappa shape index (κ3) is 6.19. The second-order valence-corrected chi connectivity index (χ2v) is 10.1. The highest BCUT2D eigenvalue weighted by Crippen LogP contribution is 2.30. The number of sulfonamides is 1. The highest BCUT2D eigenvalue weighted by molar-refractivity contribution is 7.89. The summed E-state index contributed by atoms with van der Waals surface area (Å²) >= 11 is 0. The lowest BCUT2D eigenvalue weighted by Crippen LogP contribution is -2.35. The summed E-state index contributed by atoms with van der Waals surface area (Å²) in [5.74, 6) is 0. The van der Waals surface area contributed by atoms with E-state index in [0.717, 1.165) is 46.8 Å². The normalized spacial score (nSPS) is 12.5. The van der Waals surface area contributed by atoms with Gasteiger partial charge in [-0.2, -0.15) is 0 Å². The zero-order valence-electron chi connectivity index (χ0n) is 17.3. The Morgan fingerprint density at radius 2 is 1.52 bits per heavy atom. The van der Waals surface area contributed by atoms with E-state index in [1.807, 2.05) is 49.3 Å². The van der Waals surface area contributed by atoms with Crippen LogP contribution in [0, 0.1) is 0 Å². The van der Waals surface area contributed by atoms with Crippen LogP contribution in [-0.2, 0) is 10.0 Å². The maximum Gasteiger partial charge on any atom is 0.241 e. The molecule has 1 N–H and O–H groups in total. The molecule has 6 heteroatoms. The first kappa shape index (κ1) is 21.7. The van der Waals surface area contributed by atoms with E-state index in [1.165, 1.54) is 6.42 Å². The number of nitrogens with zero attached hydrogens (tertiary/aromatic N) is 2. The largest absolute Gasteiger partial charge is 0.377 e. The maximum atomic E-state index is 12.8. The van der Waals surface area contributed by atoms with E-state index in [2.05, 4.69) is 25.9 Å². The first-order chi connectivity index (χ1) is 12.6. The summed E-state index contributed by atoms with van der Waals surface area (Å²) in [6.07, 6.45) is 4.22. The molecular formula is C21H34N3O2S+. The smallest absolute Gasteiger partial charge is 0.241 e. The van der Waals surface area contributed by atoms with Gasteiger partial charge in [0.1, 0.15) is 0 Å². The van der Waals surface area contributed by atoms with Crippen molar-refractivity contribution in [3.05, 3.63) is 36.4 Å². The van der Waals surface area contributed by atoms with Crippen LogP contribution >= 0.6 is 0 Å². The molecule has 0 fully saturated rings. The minimum atomic E-state index is -3.52. The van der Waals surface area contributed by atoms with Crippen molar-refractivity contribution in [1.29, 1.82) is 0 Å². The second kappa shape index (κ2) is 9.04. The topological polar surface area (TPSA) is 49.4 Å². The number of benzene rings is 2. The molecule has 0 aliphatic carbocycles. The van der Waals surface area contributed by atoms with Gasteiger partial charge < -0.3 is 9.38 Å². The molecule has 2 aromatic carbocycles. The average molecular weight is 393 g/mol. The molecule has 5 nitrogen and oxygen atoms in total. The summed E-state index contributed by atoms with van der Waals surface area (Å²) in [5, 5.41) is 1.71. The first-order valence-electron chi connectivity index (χ1n) is 9.61. The molecule has 0 aliphatic heterocycles. The molecule has 0 spiro atoms. The lowest BCUT2D eigenvalue weighted by Gasteiger charge is -2.23. The van der Waals surface area contributed by atoms with Crippen LogP contribution < -0.4 is 9.62 Å². The van der Waals surface area contributed by atoms with Crippen molar-refractivity contribution in [1.82, 2.24) is 4.72 Å². The van der Waals surface area contributed by atoms with Gasteiger partial charge in [-0.05, 0) is 31.4 Å². The molecule has 0 heterocycles. The molecule has 27 heavy (non-hydrogen) atoms. The van der Waals surface area contributed by atoms with Crippen molar-refractivity contribution in [2.45, 2.75) is 30.6 Å². The molecule has 0 unspecified atom stereocenters. The standard InChI is InChI=1S/C21H34N3O2S/c1-23(2)20-14-10-13-19-18(20)12-11-15-21(19)27(25,26)22-16-8-6-7-9-17-24(3,4)5/h10-15,22H,6-9,16-17H2,1-5H3/q+1. The van der Waals surface area contributed by atoms with Crippen LogP contribution in [0.25, 0.3) is 10.8 Å². The van der Waals surface area contributed by atoms with Gasteiger partial charge in [-0.15, -0.1) is 0 Å². The quantitative estimate of drug-likeness (QED) is 0.498. The highest BCUT2D eigenvalue weighted by Gasteiger charge is 2.18. The van der Waals surface area contributed by atoms with Crippen molar-refractivity contribution in [2.24, 2.45) is 0 Å². The average Bonchev–Trinajstić information content (AvgIpc) is 2.58. The summed E-state index contributed by atoms with van der Waals surface area (Å²) in [6.45, 7) is 1.63. The SMILES string of the molecule is CN(C)c1cccc2c(S(=O)(=O)NCCCCCC[N+](C)(C)C)cccc12. The van der Waals surface area contributed by atoms with Crippen LogP contribution in [0.5, 0.6) is 0 Å². The Bertz CT molecular complexity index is 855. The number of fused-ring (bicyclic) bond motifs is 1. The second-order valence-electron chi connectivity index (χ2n) is 8.35. The van der Waals surface area contributed by atoms with Gasteiger partial charge in [-0.25, -0.2) is 13.1 Å². The Labute approximate surface area is 164 Å². The van der Waals surface area contributed by atoms with E-state index in [4.69, 9.17) is 0 Å². The van der Waals surface area contributed by atoms with E-state index in [1.54, 1.807) is 6.07 Å². The fraction of sp³-hybridized carbons (Fsp3) is 0.524. The molecule has 0 amide bonds. The van der Waals surface area contributed by atoms with Gasteiger partial charge in [0.25, 0.3) is 0 Å². The van der Waals surface area contributed by atoms with E-state index >= 15 is 0 Å². The Balaban J connectivity index is 2.00. The molecule has 0 bridgehead atoms. The van der Waals surface area contributed by atoms with E-state index in [9.17, 15) is 8.42 Å². The van der Waals surface area contributed by atoms with Crippen LogP contribution in [0.4, 0.5) is 5.69 Å². The molecule has 0 atom stereocenters. The number of rotatable bonds is 10. The number of hydrogen-bond acceptors (Lipinski definition) is 3. The number of quaternary nitrogens is 1. The van der Waals surface area contributed by atoms with Crippen molar-refractivity contribution in [2.75, 3.05) is 53.2 Å². The minimum absolute atomic E-state index is 0.355. The van der Waals surface area contributed by atoms with Gasteiger partial charge in [-0.1, -0.05) is 30.7 Å². The minimum Gasteiger partial charge on any atom is -0.377 e. The molecular weight excluding hydrogens is 358 g/mol. The summed E-state index contributed by atoms with van der Waals surface area (Å²) < 4.78 is 29.4. The Hall–Kier alpha value is -1.63. The predicted octanol–water partition coefficient (Wildman–Crippen LogP) is 3.45. The van der Waals surface area contributed by atoms with Crippen molar-refractivity contribution in [3.63, 3.8) is 0 Å². The zero-order valence-corrected chi connectivity index (χ0v) is 18.1. The number of nitrogens with one attached hydrogen (secondary N) is 1. The molecule has 0 saturated heterocycles. The fourth-order valence-corrected chi connectivity index (χ4v) is 4.53. The molecule has 0 aliphatic rings. The van der Waals surface area contributed by atoms with Gasteiger partial charge in [0.05, 0.1) is 32.6 Å². The van der Waals surface area contributed by atoms with Gasteiger partial charge in [0.15, 0.2) is 0 Å². The maximum absolute atomic E-state index is 12.8. The molecule has 0 aromatic heterocycles. The third-order valence-corrected chi connectivity index (χ3v) is 6.20. The van der Waals surface area contributed by atoms with Crippen molar-refractivity contribution in [3.8, 4) is 0 Å². The molecule has 0 radical (unpaired) electrons. The van der Waals surface area contributed by atoms with Gasteiger partial charge in [0.2, 0.25) is 10.0 Å². The molecule has 2 aromatic rings. The van der Waals surface area contributed by atoms with Crippen molar-refractivity contribution >= 4 is 26.5 Å². The summed E-state index contributed by atoms with van der Waals surface area (Å²) in [6, 6.07) is 11.3. The Morgan fingerprint density at radius 1 is 0.889 bits per heavy atom. The van der Waals surface area contributed by atoms with Crippen LogP contribution in [0.3, 0.4) is 0 Å². The first-order valence-corrected chi connectivity index (χ1v) is 11.1. The van der Waals surface area contributed by atoms with Gasteiger partial charge >= 0.3 is 0 Å². The number of anilines is 1. The van der Waals surface area contributed by atoms with Gasteiger partial charge in [-0.3, -0.25) is 0 Å². The predicted molar refractivity (Wildman–Crippen MR) is 115 cm³/mol. The fourth-order valence-electron chi connectivity index (χ4n) is 3.24. The zero-order chi connectivity index (χ0) is 20.1. The van der Waals surface area contributed by atoms with Gasteiger partial charge in [0, 0.05) is 37.1 Å². The third-order valence-electron chi connectivity index (χ3n) is 4.68. The summed E-state index contributed by atoms with van der Waals surface area (Å²) in [7, 11) is 7.00. The molecule has 2 rings (SSSR count). The monoisotopic (exact) mass is 392 g/mol. The molecule has 150 valence electrons. The van der Waals surface area contributed by atoms with E-state index in [0.29, 0.717) is 11.4 Å². The summed E-state index contributed by atoms with van der Waals surface area (Å²) in [4.78, 5) is 2.36. The summed E-state index contributed by atoms with van der Waals surface area (Å²) in [5.41, 5.74) is 1.02. The number of hydrogen-bond donors (Lipinski definition) is 1. The van der Waals surface area contributed by atoms with Crippen LogP contribution in [0.15, 0.2) is 41.3 Å². The van der Waals surface area contributed by atoms with Crippen LogP contribution in [0.1, 0.15) is 25.7 Å². The van der Waals surface area contributed by atoms with Crippen LogP contribution in [0.2, 0.25) is 0 Å². The van der Waals surface area contributed by atoms with Crippen LogP contribution in [-0.4, -0.2) is 61.2 Å². The number of unbranched alkanes of at least 4 members (excludes halogenated alkanes) is 3. The highest BCUT2D eigenvalue weighted by atomic mass is 32.2.